The Balaban J connectivity index is 1.96. The van der Waals surface area contributed by atoms with Crippen molar-refractivity contribution in [2.75, 3.05) is 25.0 Å². The number of aromatic amines is 1. The molecular formula is C19H30N4O. The zero-order chi connectivity index (χ0) is 17.5. The van der Waals surface area contributed by atoms with Gasteiger partial charge < -0.3 is 15.6 Å². The second-order valence-electron chi connectivity index (χ2n) is 6.58. The molecule has 2 rings (SSSR count). The van der Waals surface area contributed by atoms with Gasteiger partial charge in [-0.1, -0.05) is 33.8 Å². The Labute approximate surface area is 144 Å². The van der Waals surface area contributed by atoms with Gasteiger partial charge in [-0.15, -0.1) is 0 Å². The molecule has 0 spiro atoms. The van der Waals surface area contributed by atoms with E-state index in [1.165, 1.54) is 0 Å². The molecule has 1 aromatic carbocycles. The van der Waals surface area contributed by atoms with Crippen LogP contribution >= 0.6 is 0 Å². The van der Waals surface area contributed by atoms with E-state index in [4.69, 9.17) is 0 Å². The van der Waals surface area contributed by atoms with Gasteiger partial charge >= 0.3 is 6.03 Å². The molecule has 0 fully saturated rings. The molecule has 0 radical (unpaired) electrons. The average Bonchev–Trinajstić information content (AvgIpc) is 3.03. The second-order valence-corrected chi connectivity index (χ2v) is 6.58. The first kappa shape index (κ1) is 18.3. The fourth-order valence-corrected chi connectivity index (χ4v) is 3.22. The molecule has 0 saturated heterocycles. The quantitative estimate of drug-likeness (QED) is 0.684. The van der Waals surface area contributed by atoms with Crippen LogP contribution in [0.15, 0.2) is 30.5 Å². The molecule has 3 N–H and O–H groups in total. The summed E-state index contributed by atoms with van der Waals surface area (Å²) in [7, 11) is 0. The van der Waals surface area contributed by atoms with E-state index in [1.54, 1.807) is 0 Å². The molecule has 1 atom stereocenters. The van der Waals surface area contributed by atoms with Crippen molar-refractivity contribution in [3.63, 3.8) is 0 Å². The van der Waals surface area contributed by atoms with Gasteiger partial charge in [0.05, 0.1) is 5.69 Å². The number of rotatable bonds is 8. The maximum Gasteiger partial charge on any atom is 0.319 e. The molecule has 0 bridgehead atoms. The number of nitrogens with zero attached hydrogens (tertiary/aromatic N) is 1. The third kappa shape index (κ3) is 4.74. The number of aromatic nitrogens is 1. The summed E-state index contributed by atoms with van der Waals surface area (Å²) in [5, 5.41) is 7.03. The number of carbonyl (C=O) groups is 1. The maximum absolute atomic E-state index is 12.3. The Morgan fingerprint density at radius 3 is 2.62 bits per heavy atom. The zero-order valence-corrected chi connectivity index (χ0v) is 15.2. The Bertz CT molecular complexity index is 646. The molecule has 2 amide bonds. The van der Waals surface area contributed by atoms with E-state index < -0.39 is 0 Å². The molecule has 0 aliphatic carbocycles. The molecule has 5 nitrogen and oxygen atoms in total. The monoisotopic (exact) mass is 330 g/mol. The fourth-order valence-electron chi connectivity index (χ4n) is 3.22. The molecule has 5 heteroatoms. The second kappa shape index (κ2) is 8.73. The predicted octanol–water partition coefficient (Wildman–Crippen LogP) is 4.05. The number of hydrogen-bond donors (Lipinski definition) is 3. The number of fused-ring (bicyclic) bond motifs is 1. The van der Waals surface area contributed by atoms with Crippen LogP contribution in [0.5, 0.6) is 0 Å². The van der Waals surface area contributed by atoms with E-state index in [0.29, 0.717) is 18.5 Å². The minimum Gasteiger partial charge on any atom is -0.361 e. The Hall–Kier alpha value is -2.01. The molecule has 1 heterocycles. The summed E-state index contributed by atoms with van der Waals surface area (Å²) in [5.41, 5.74) is 1.85. The van der Waals surface area contributed by atoms with Crippen LogP contribution in [-0.4, -0.2) is 41.6 Å². The van der Waals surface area contributed by atoms with Gasteiger partial charge in [0.25, 0.3) is 0 Å². The number of urea groups is 1. The molecule has 1 aromatic heterocycles. The highest BCUT2D eigenvalue weighted by Crippen LogP contribution is 2.21. The zero-order valence-electron chi connectivity index (χ0n) is 15.2. The Morgan fingerprint density at radius 1 is 1.21 bits per heavy atom. The first-order chi connectivity index (χ1) is 11.5. The van der Waals surface area contributed by atoms with Gasteiger partial charge in [0.1, 0.15) is 0 Å². The van der Waals surface area contributed by atoms with Crippen molar-refractivity contribution in [3.05, 3.63) is 30.5 Å². The Morgan fingerprint density at radius 2 is 1.96 bits per heavy atom. The number of amides is 2. The lowest BCUT2D eigenvalue weighted by atomic mass is 10.0. The van der Waals surface area contributed by atoms with Crippen LogP contribution in [0.25, 0.3) is 10.9 Å². The molecule has 24 heavy (non-hydrogen) atoms. The van der Waals surface area contributed by atoms with Crippen molar-refractivity contribution in [1.82, 2.24) is 15.2 Å². The van der Waals surface area contributed by atoms with Gasteiger partial charge in [0.15, 0.2) is 0 Å². The lowest BCUT2D eigenvalue weighted by Crippen LogP contribution is -2.45. The number of benzene rings is 1. The number of carbonyl (C=O) groups excluding carboxylic acids is 1. The summed E-state index contributed by atoms with van der Waals surface area (Å²) in [6.07, 6.45) is 2.96. The van der Waals surface area contributed by atoms with E-state index >= 15 is 0 Å². The molecular weight excluding hydrogens is 300 g/mol. The number of likely N-dealkylation sites (N-methyl/N-ethyl adjacent to an activating group) is 1. The highest BCUT2D eigenvalue weighted by molar-refractivity contribution is 6.00. The van der Waals surface area contributed by atoms with E-state index in [2.05, 4.69) is 48.2 Å². The van der Waals surface area contributed by atoms with E-state index in [9.17, 15) is 4.79 Å². The molecule has 0 saturated carbocycles. The standard InChI is InChI=1S/C19H30N4O/c1-5-23(6-2)15(12-14(3)4)13-21-19(24)22-18-9-7-8-17-16(18)10-11-20-17/h7-11,14-15,20H,5-6,12-13H2,1-4H3,(H2,21,22,24). The number of nitrogens with one attached hydrogen (secondary N) is 3. The van der Waals surface area contributed by atoms with Crippen LogP contribution in [0.4, 0.5) is 10.5 Å². The van der Waals surface area contributed by atoms with Gasteiger partial charge in [-0.2, -0.15) is 0 Å². The summed E-state index contributed by atoms with van der Waals surface area (Å²) in [4.78, 5) is 17.9. The minimum atomic E-state index is -0.149. The highest BCUT2D eigenvalue weighted by atomic mass is 16.2. The molecule has 2 aromatic rings. The van der Waals surface area contributed by atoms with Gasteiger partial charge in [-0.05, 0) is 43.6 Å². The summed E-state index contributed by atoms with van der Waals surface area (Å²) < 4.78 is 0. The third-order valence-corrected chi connectivity index (χ3v) is 4.41. The van der Waals surface area contributed by atoms with Crippen molar-refractivity contribution < 1.29 is 4.79 Å². The Kier molecular flexibility index (Phi) is 6.67. The van der Waals surface area contributed by atoms with Crippen molar-refractivity contribution in [1.29, 1.82) is 0 Å². The summed E-state index contributed by atoms with van der Waals surface area (Å²) in [5.74, 6) is 0.606. The lowest BCUT2D eigenvalue weighted by Gasteiger charge is -2.31. The highest BCUT2D eigenvalue weighted by Gasteiger charge is 2.18. The molecule has 1 unspecified atom stereocenters. The fraction of sp³-hybridized carbons (Fsp3) is 0.526. The predicted molar refractivity (Wildman–Crippen MR) is 101 cm³/mol. The topological polar surface area (TPSA) is 60.2 Å². The van der Waals surface area contributed by atoms with Crippen LogP contribution in [0.3, 0.4) is 0 Å². The summed E-state index contributed by atoms with van der Waals surface area (Å²) >= 11 is 0. The van der Waals surface area contributed by atoms with E-state index in [1.807, 2.05) is 30.5 Å². The SMILES string of the molecule is CCN(CC)C(CNC(=O)Nc1cccc2[nH]ccc12)CC(C)C. The summed E-state index contributed by atoms with van der Waals surface area (Å²) in [6.45, 7) is 11.5. The first-order valence-electron chi connectivity index (χ1n) is 8.90. The smallest absolute Gasteiger partial charge is 0.319 e. The van der Waals surface area contributed by atoms with Crippen LogP contribution in [0.2, 0.25) is 0 Å². The largest absolute Gasteiger partial charge is 0.361 e. The van der Waals surface area contributed by atoms with Gasteiger partial charge in [-0.3, -0.25) is 4.90 Å². The van der Waals surface area contributed by atoms with Gasteiger partial charge in [0.2, 0.25) is 0 Å². The summed E-state index contributed by atoms with van der Waals surface area (Å²) in [6, 6.07) is 8.05. The first-order valence-corrected chi connectivity index (χ1v) is 8.90. The lowest BCUT2D eigenvalue weighted by molar-refractivity contribution is 0.186. The van der Waals surface area contributed by atoms with Crippen LogP contribution in [-0.2, 0) is 0 Å². The van der Waals surface area contributed by atoms with Gasteiger partial charge in [-0.25, -0.2) is 4.79 Å². The van der Waals surface area contributed by atoms with Crippen molar-refractivity contribution in [2.45, 2.75) is 40.2 Å². The molecule has 132 valence electrons. The van der Waals surface area contributed by atoms with E-state index in [0.717, 1.165) is 36.1 Å². The maximum atomic E-state index is 12.3. The van der Waals surface area contributed by atoms with Crippen molar-refractivity contribution >= 4 is 22.6 Å². The van der Waals surface area contributed by atoms with Crippen LogP contribution < -0.4 is 10.6 Å². The van der Waals surface area contributed by atoms with Crippen molar-refractivity contribution in [2.24, 2.45) is 5.92 Å². The minimum absolute atomic E-state index is 0.149. The van der Waals surface area contributed by atoms with E-state index in [-0.39, 0.29) is 6.03 Å². The molecule has 0 aliphatic heterocycles. The van der Waals surface area contributed by atoms with Crippen LogP contribution in [0, 0.1) is 5.92 Å². The number of H-pyrrole nitrogens is 1. The molecule has 0 aliphatic rings. The normalized spacial score (nSPS) is 12.8. The number of anilines is 1. The van der Waals surface area contributed by atoms with Crippen LogP contribution in [0.1, 0.15) is 34.1 Å². The third-order valence-electron chi connectivity index (χ3n) is 4.41. The average molecular weight is 330 g/mol. The number of hydrogen-bond acceptors (Lipinski definition) is 2. The van der Waals surface area contributed by atoms with Crippen molar-refractivity contribution in [3.8, 4) is 0 Å². The van der Waals surface area contributed by atoms with Gasteiger partial charge in [0, 0.05) is 29.7 Å².